The molecule has 14 heavy (non-hydrogen) atoms. The van der Waals surface area contributed by atoms with Gasteiger partial charge in [-0.05, 0) is 11.8 Å². The van der Waals surface area contributed by atoms with Gasteiger partial charge in [-0.1, -0.05) is 79.1 Å². The second-order valence-electron chi connectivity index (χ2n) is 5.25. The van der Waals surface area contributed by atoms with Gasteiger partial charge in [0, 0.05) is 0 Å². The van der Waals surface area contributed by atoms with Gasteiger partial charge in [0.15, 0.2) is 0 Å². The van der Waals surface area contributed by atoms with E-state index in [4.69, 9.17) is 0 Å². The van der Waals surface area contributed by atoms with Crippen molar-refractivity contribution in [2.45, 2.75) is 79.1 Å². The summed E-state index contributed by atoms with van der Waals surface area (Å²) in [6.07, 6.45) is 11.5. The van der Waals surface area contributed by atoms with Crippen molar-refractivity contribution in [3.63, 3.8) is 0 Å². The van der Waals surface area contributed by atoms with Gasteiger partial charge >= 0.3 is 0 Å². The molecule has 0 spiro atoms. The van der Waals surface area contributed by atoms with Crippen LogP contribution in [0, 0.1) is 11.8 Å². The largest absolute Gasteiger partial charge is 0.0651 e. The van der Waals surface area contributed by atoms with E-state index in [9.17, 15) is 0 Å². The molecule has 0 aliphatic rings. The number of hydrogen-bond acceptors (Lipinski definition) is 0. The predicted molar refractivity (Wildman–Crippen MR) is 66.6 cm³/mol. The van der Waals surface area contributed by atoms with E-state index >= 15 is 0 Å². The van der Waals surface area contributed by atoms with Gasteiger partial charge in [-0.3, -0.25) is 0 Å². The lowest BCUT2D eigenvalue weighted by Gasteiger charge is -2.07. The van der Waals surface area contributed by atoms with Crippen molar-refractivity contribution in [1.29, 1.82) is 0 Å². The van der Waals surface area contributed by atoms with Gasteiger partial charge in [0.2, 0.25) is 0 Å². The molecule has 0 saturated heterocycles. The fourth-order valence-electron chi connectivity index (χ4n) is 1.78. The molecule has 0 rings (SSSR count). The first-order valence-corrected chi connectivity index (χ1v) is 6.66. The van der Waals surface area contributed by atoms with Crippen molar-refractivity contribution in [2.75, 3.05) is 0 Å². The monoisotopic (exact) mass is 198 g/mol. The second kappa shape index (κ2) is 9.55. The molecule has 0 nitrogen and oxygen atoms in total. The summed E-state index contributed by atoms with van der Waals surface area (Å²) < 4.78 is 0. The molecule has 86 valence electrons. The minimum Gasteiger partial charge on any atom is -0.0651 e. The number of hydrogen-bond donors (Lipinski definition) is 0. The van der Waals surface area contributed by atoms with Gasteiger partial charge in [0.1, 0.15) is 0 Å². The van der Waals surface area contributed by atoms with E-state index < -0.39 is 0 Å². The Labute approximate surface area is 91.5 Å². The molecule has 0 amide bonds. The quantitative estimate of drug-likeness (QED) is 0.434. The predicted octanol–water partition coefficient (Wildman–Crippen LogP) is 5.42. The molecule has 0 fully saturated rings. The Morgan fingerprint density at radius 3 is 1.71 bits per heavy atom. The zero-order valence-electron chi connectivity index (χ0n) is 10.8. The van der Waals surface area contributed by atoms with E-state index in [1.54, 1.807) is 0 Å². The molecule has 1 atom stereocenters. The molecule has 0 aromatic rings. The molecule has 0 aromatic heterocycles. The second-order valence-corrected chi connectivity index (χ2v) is 5.25. The summed E-state index contributed by atoms with van der Waals surface area (Å²) in [6, 6.07) is 0. The van der Waals surface area contributed by atoms with E-state index in [0.29, 0.717) is 0 Å². The molecule has 0 radical (unpaired) electrons. The lowest BCUT2D eigenvalue weighted by molar-refractivity contribution is 0.463. The number of rotatable bonds is 9. The highest BCUT2D eigenvalue weighted by atomic mass is 14.0. The lowest BCUT2D eigenvalue weighted by atomic mass is 9.99. The van der Waals surface area contributed by atoms with Crippen molar-refractivity contribution in [3.8, 4) is 0 Å². The molecule has 0 aromatic carbocycles. The topological polar surface area (TPSA) is 0 Å². The third kappa shape index (κ3) is 10.1. The first-order valence-electron chi connectivity index (χ1n) is 6.66. The SMILES string of the molecule is CC[C@H](C)CCCCCCCC(C)C. The van der Waals surface area contributed by atoms with Crippen LogP contribution in [0.4, 0.5) is 0 Å². The molecule has 0 heterocycles. The van der Waals surface area contributed by atoms with Gasteiger partial charge in [0.25, 0.3) is 0 Å². The summed E-state index contributed by atoms with van der Waals surface area (Å²) in [5.41, 5.74) is 0. The Morgan fingerprint density at radius 2 is 1.21 bits per heavy atom. The van der Waals surface area contributed by atoms with Crippen LogP contribution in [0.15, 0.2) is 0 Å². The first kappa shape index (κ1) is 14.0. The van der Waals surface area contributed by atoms with Crippen molar-refractivity contribution in [2.24, 2.45) is 11.8 Å². The van der Waals surface area contributed by atoms with Crippen LogP contribution in [0.5, 0.6) is 0 Å². The minimum absolute atomic E-state index is 0.898. The van der Waals surface area contributed by atoms with Crippen LogP contribution in [0.1, 0.15) is 79.1 Å². The Morgan fingerprint density at radius 1 is 0.714 bits per heavy atom. The van der Waals surface area contributed by atoms with Gasteiger partial charge < -0.3 is 0 Å². The maximum Gasteiger partial charge on any atom is -0.0445 e. The molecular weight excluding hydrogens is 168 g/mol. The fourth-order valence-corrected chi connectivity index (χ4v) is 1.78. The van der Waals surface area contributed by atoms with E-state index in [0.717, 1.165) is 11.8 Å². The van der Waals surface area contributed by atoms with Crippen LogP contribution in [0.2, 0.25) is 0 Å². The average Bonchev–Trinajstić information content (AvgIpc) is 2.15. The molecule has 0 bridgehead atoms. The molecule has 0 saturated carbocycles. The molecule has 0 N–H and O–H groups in total. The Hall–Kier alpha value is 0. The third-order valence-corrected chi connectivity index (χ3v) is 3.18. The standard InChI is InChI=1S/C14H30/c1-5-14(4)12-10-8-6-7-9-11-13(2)3/h13-14H,5-12H2,1-4H3/t14-/m0/s1. The highest BCUT2D eigenvalue weighted by Gasteiger charge is 1.98. The maximum atomic E-state index is 2.37. The summed E-state index contributed by atoms with van der Waals surface area (Å²) in [4.78, 5) is 0. The van der Waals surface area contributed by atoms with Gasteiger partial charge in [0.05, 0.1) is 0 Å². The van der Waals surface area contributed by atoms with Gasteiger partial charge in [-0.2, -0.15) is 0 Å². The third-order valence-electron chi connectivity index (χ3n) is 3.18. The number of unbranched alkanes of at least 4 members (excludes halogenated alkanes) is 4. The van der Waals surface area contributed by atoms with Gasteiger partial charge in [-0.25, -0.2) is 0 Å². The van der Waals surface area contributed by atoms with Crippen LogP contribution in [0.25, 0.3) is 0 Å². The van der Waals surface area contributed by atoms with Crippen molar-refractivity contribution in [1.82, 2.24) is 0 Å². The summed E-state index contributed by atoms with van der Waals surface area (Å²) in [7, 11) is 0. The van der Waals surface area contributed by atoms with Crippen LogP contribution in [0.3, 0.4) is 0 Å². The zero-order chi connectivity index (χ0) is 10.8. The maximum absolute atomic E-state index is 2.37. The lowest BCUT2D eigenvalue weighted by Crippen LogP contribution is -1.92. The fraction of sp³-hybridized carbons (Fsp3) is 1.00. The van der Waals surface area contributed by atoms with Gasteiger partial charge in [-0.15, -0.1) is 0 Å². The Bertz CT molecular complexity index is 105. The molecule has 0 unspecified atom stereocenters. The van der Waals surface area contributed by atoms with Crippen LogP contribution in [-0.2, 0) is 0 Å². The van der Waals surface area contributed by atoms with E-state index in [2.05, 4.69) is 27.7 Å². The summed E-state index contributed by atoms with van der Waals surface area (Å²) in [5, 5.41) is 0. The molecule has 0 heteroatoms. The Balaban J connectivity index is 2.99. The van der Waals surface area contributed by atoms with Crippen molar-refractivity contribution >= 4 is 0 Å². The van der Waals surface area contributed by atoms with Crippen LogP contribution < -0.4 is 0 Å². The molecule has 0 aliphatic heterocycles. The first-order chi connectivity index (χ1) is 6.66. The Kier molecular flexibility index (Phi) is 9.55. The van der Waals surface area contributed by atoms with Crippen molar-refractivity contribution in [3.05, 3.63) is 0 Å². The highest BCUT2D eigenvalue weighted by molar-refractivity contribution is 4.52. The molecular formula is C14H30. The minimum atomic E-state index is 0.898. The van der Waals surface area contributed by atoms with E-state index in [1.165, 1.54) is 51.4 Å². The average molecular weight is 198 g/mol. The summed E-state index contributed by atoms with van der Waals surface area (Å²) >= 11 is 0. The van der Waals surface area contributed by atoms with E-state index in [1.807, 2.05) is 0 Å². The normalized spacial score (nSPS) is 13.5. The summed E-state index contributed by atoms with van der Waals surface area (Å²) in [5.74, 6) is 1.85. The zero-order valence-corrected chi connectivity index (χ0v) is 10.8. The van der Waals surface area contributed by atoms with Crippen LogP contribution >= 0.6 is 0 Å². The molecule has 0 aliphatic carbocycles. The van der Waals surface area contributed by atoms with E-state index in [-0.39, 0.29) is 0 Å². The highest BCUT2D eigenvalue weighted by Crippen LogP contribution is 2.15. The smallest absolute Gasteiger partial charge is 0.0445 e. The van der Waals surface area contributed by atoms with Crippen LogP contribution in [-0.4, -0.2) is 0 Å². The van der Waals surface area contributed by atoms with Crippen molar-refractivity contribution < 1.29 is 0 Å². The summed E-state index contributed by atoms with van der Waals surface area (Å²) in [6.45, 7) is 9.32.